The molecular weight excluding hydrogens is 437 g/mol. The minimum atomic E-state index is -0.726. The second kappa shape index (κ2) is 9.98. The maximum absolute atomic E-state index is 12.9. The van der Waals surface area contributed by atoms with E-state index < -0.39 is 11.9 Å². The lowest BCUT2D eigenvalue weighted by atomic mass is 10.0. The molecule has 2 N–H and O–H groups in total. The van der Waals surface area contributed by atoms with Crippen molar-refractivity contribution >= 4 is 40.7 Å². The van der Waals surface area contributed by atoms with Crippen LogP contribution < -0.4 is 10.6 Å². The number of aryl methyl sites for hydroxylation is 1. The van der Waals surface area contributed by atoms with Crippen molar-refractivity contribution in [3.8, 4) is 11.3 Å². The molecule has 3 aromatic rings. The Bertz CT molecular complexity index is 1080. The van der Waals surface area contributed by atoms with E-state index in [1.54, 1.807) is 31.3 Å². The summed E-state index contributed by atoms with van der Waals surface area (Å²) in [5, 5.41) is 6.30. The Hall–Kier alpha value is -2.83. The molecule has 0 saturated carbocycles. The molecule has 0 saturated heterocycles. The van der Waals surface area contributed by atoms with Crippen LogP contribution >= 0.6 is 23.2 Å². The number of anilines is 1. The molecule has 0 aliphatic rings. The number of carbonyl (C=O) groups is 2. The highest BCUT2D eigenvalue weighted by Gasteiger charge is 2.24. The molecule has 3 rings (SSSR count). The Labute approximate surface area is 191 Å². The van der Waals surface area contributed by atoms with E-state index in [4.69, 9.17) is 27.6 Å². The van der Waals surface area contributed by atoms with E-state index in [2.05, 4.69) is 15.6 Å². The Kier molecular flexibility index (Phi) is 7.36. The van der Waals surface area contributed by atoms with Crippen molar-refractivity contribution in [2.24, 2.45) is 5.92 Å². The molecule has 1 aromatic heterocycles. The molecule has 8 heteroatoms. The van der Waals surface area contributed by atoms with Gasteiger partial charge in [0.15, 0.2) is 11.7 Å². The lowest BCUT2D eigenvalue weighted by Gasteiger charge is -2.20. The highest BCUT2D eigenvalue weighted by Crippen LogP contribution is 2.23. The van der Waals surface area contributed by atoms with Crippen molar-refractivity contribution < 1.29 is 14.0 Å². The number of rotatable bonds is 7. The molecule has 2 amide bonds. The predicted molar refractivity (Wildman–Crippen MR) is 122 cm³/mol. The first-order valence-corrected chi connectivity index (χ1v) is 10.6. The predicted octanol–water partition coefficient (Wildman–Crippen LogP) is 5.74. The lowest BCUT2D eigenvalue weighted by Crippen LogP contribution is -2.44. The molecule has 0 spiro atoms. The summed E-state index contributed by atoms with van der Waals surface area (Å²) in [6.45, 7) is 5.74. The van der Waals surface area contributed by atoms with Gasteiger partial charge in [-0.15, -0.1) is 0 Å². The van der Waals surface area contributed by atoms with Crippen LogP contribution in [0.4, 0.5) is 5.69 Å². The van der Waals surface area contributed by atoms with E-state index in [9.17, 15) is 9.59 Å². The maximum atomic E-state index is 12.9. The van der Waals surface area contributed by atoms with Crippen LogP contribution in [0.1, 0.15) is 36.5 Å². The molecule has 0 bridgehead atoms. The van der Waals surface area contributed by atoms with Gasteiger partial charge < -0.3 is 15.1 Å². The number of hydrogen-bond donors (Lipinski definition) is 2. The number of oxazole rings is 1. The van der Waals surface area contributed by atoms with Crippen LogP contribution in [-0.4, -0.2) is 22.8 Å². The number of halogens is 2. The SMILES string of the molecule is Cc1ncc(-c2ccc(NC(=O)C(CC(C)C)NC(=O)c3ccc(Cl)cc3Cl)cc2)o1. The molecule has 1 atom stereocenters. The molecule has 2 aromatic carbocycles. The Morgan fingerprint density at radius 3 is 2.39 bits per heavy atom. The number of nitrogens with one attached hydrogen (secondary N) is 2. The fourth-order valence-electron chi connectivity index (χ4n) is 3.05. The summed E-state index contributed by atoms with van der Waals surface area (Å²) in [5.74, 6) is 0.684. The van der Waals surface area contributed by atoms with Gasteiger partial charge in [-0.3, -0.25) is 9.59 Å². The van der Waals surface area contributed by atoms with E-state index >= 15 is 0 Å². The minimum absolute atomic E-state index is 0.189. The molecule has 0 fully saturated rings. The third-order valence-corrected chi connectivity index (χ3v) is 5.11. The third-order valence-electron chi connectivity index (χ3n) is 4.56. The van der Waals surface area contributed by atoms with E-state index in [1.165, 1.54) is 12.1 Å². The average molecular weight is 460 g/mol. The average Bonchev–Trinajstić information content (AvgIpc) is 3.14. The number of carbonyl (C=O) groups excluding carboxylic acids is 2. The molecule has 0 aliphatic carbocycles. The summed E-state index contributed by atoms with van der Waals surface area (Å²) < 4.78 is 5.51. The number of hydrogen-bond acceptors (Lipinski definition) is 4. The lowest BCUT2D eigenvalue weighted by molar-refractivity contribution is -0.118. The number of benzene rings is 2. The molecular formula is C23H23Cl2N3O3. The topological polar surface area (TPSA) is 84.2 Å². The summed E-state index contributed by atoms with van der Waals surface area (Å²) >= 11 is 12.0. The third kappa shape index (κ3) is 6.09. The van der Waals surface area contributed by atoms with E-state index in [0.717, 1.165) is 5.56 Å². The quantitative estimate of drug-likeness (QED) is 0.471. The first kappa shape index (κ1) is 22.8. The van der Waals surface area contributed by atoms with Crippen molar-refractivity contribution in [3.05, 3.63) is 70.2 Å². The van der Waals surface area contributed by atoms with Gasteiger partial charge in [0.05, 0.1) is 16.8 Å². The molecule has 1 unspecified atom stereocenters. The van der Waals surface area contributed by atoms with Gasteiger partial charge in [-0.05, 0) is 54.8 Å². The zero-order valence-corrected chi connectivity index (χ0v) is 18.9. The van der Waals surface area contributed by atoms with Crippen molar-refractivity contribution in [2.45, 2.75) is 33.2 Å². The van der Waals surface area contributed by atoms with E-state index in [1.807, 2.05) is 26.0 Å². The zero-order chi connectivity index (χ0) is 22.5. The Morgan fingerprint density at radius 1 is 1.10 bits per heavy atom. The summed E-state index contributed by atoms with van der Waals surface area (Å²) in [4.78, 5) is 29.7. The first-order chi connectivity index (χ1) is 14.7. The fourth-order valence-corrected chi connectivity index (χ4v) is 3.55. The smallest absolute Gasteiger partial charge is 0.253 e. The Balaban J connectivity index is 1.71. The monoisotopic (exact) mass is 459 g/mol. The van der Waals surface area contributed by atoms with E-state index in [-0.39, 0.29) is 22.4 Å². The summed E-state index contributed by atoms with van der Waals surface area (Å²) in [6.07, 6.45) is 2.12. The normalized spacial score (nSPS) is 11.9. The van der Waals surface area contributed by atoms with Crippen LogP contribution in [0.15, 0.2) is 53.1 Å². The van der Waals surface area contributed by atoms with Crippen LogP contribution in [0.3, 0.4) is 0 Å². The highest BCUT2D eigenvalue weighted by atomic mass is 35.5. The second-order valence-corrected chi connectivity index (χ2v) is 8.43. The highest BCUT2D eigenvalue weighted by molar-refractivity contribution is 6.36. The van der Waals surface area contributed by atoms with Gasteiger partial charge in [0.25, 0.3) is 5.91 Å². The molecule has 31 heavy (non-hydrogen) atoms. The van der Waals surface area contributed by atoms with Crippen LogP contribution in [-0.2, 0) is 4.79 Å². The van der Waals surface area contributed by atoms with Gasteiger partial charge in [-0.25, -0.2) is 4.98 Å². The summed E-state index contributed by atoms with van der Waals surface area (Å²) in [6, 6.07) is 11.1. The van der Waals surface area contributed by atoms with Gasteiger partial charge in [-0.1, -0.05) is 37.0 Å². The van der Waals surface area contributed by atoms with E-state index in [0.29, 0.717) is 28.8 Å². The summed E-state index contributed by atoms with van der Waals surface area (Å²) in [5.41, 5.74) is 1.72. The molecule has 6 nitrogen and oxygen atoms in total. The molecule has 0 radical (unpaired) electrons. The largest absolute Gasteiger partial charge is 0.441 e. The second-order valence-electron chi connectivity index (χ2n) is 7.59. The first-order valence-electron chi connectivity index (χ1n) is 9.82. The van der Waals surface area contributed by atoms with Gasteiger partial charge in [0, 0.05) is 23.2 Å². The zero-order valence-electron chi connectivity index (χ0n) is 17.4. The number of aromatic nitrogens is 1. The van der Waals surface area contributed by atoms with Crippen LogP contribution in [0, 0.1) is 12.8 Å². The molecule has 162 valence electrons. The van der Waals surface area contributed by atoms with Crippen molar-refractivity contribution in [3.63, 3.8) is 0 Å². The standard InChI is InChI=1S/C23H23Cl2N3O3/c1-13(2)10-20(28-22(29)18-9-6-16(24)11-19(18)25)23(30)27-17-7-4-15(5-8-17)21-12-26-14(3)31-21/h4-9,11-13,20H,10H2,1-3H3,(H,27,30)(H,28,29). The fraction of sp³-hybridized carbons (Fsp3) is 0.261. The van der Waals surface area contributed by atoms with Crippen molar-refractivity contribution in [2.75, 3.05) is 5.32 Å². The van der Waals surface area contributed by atoms with Gasteiger partial charge in [-0.2, -0.15) is 0 Å². The Morgan fingerprint density at radius 2 is 1.81 bits per heavy atom. The van der Waals surface area contributed by atoms with Gasteiger partial charge in [0.1, 0.15) is 6.04 Å². The number of amides is 2. The van der Waals surface area contributed by atoms with Crippen LogP contribution in [0.5, 0.6) is 0 Å². The molecule has 1 heterocycles. The van der Waals surface area contributed by atoms with Crippen LogP contribution in [0.2, 0.25) is 10.0 Å². The van der Waals surface area contributed by atoms with Gasteiger partial charge >= 0.3 is 0 Å². The summed E-state index contributed by atoms with van der Waals surface area (Å²) in [7, 11) is 0. The minimum Gasteiger partial charge on any atom is -0.441 e. The van der Waals surface area contributed by atoms with Crippen molar-refractivity contribution in [1.82, 2.24) is 10.3 Å². The van der Waals surface area contributed by atoms with Crippen molar-refractivity contribution in [1.29, 1.82) is 0 Å². The number of nitrogens with zero attached hydrogens (tertiary/aromatic N) is 1. The molecule has 0 aliphatic heterocycles. The van der Waals surface area contributed by atoms with Crippen LogP contribution in [0.25, 0.3) is 11.3 Å². The maximum Gasteiger partial charge on any atom is 0.253 e. The van der Waals surface area contributed by atoms with Gasteiger partial charge in [0.2, 0.25) is 5.91 Å².